The molecule has 2 amide bonds. The van der Waals surface area contributed by atoms with Gasteiger partial charge < -0.3 is 15.4 Å². The van der Waals surface area contributed by atoms with E-state index in [1.165, 1.54) is 29.5 Å². The summed E-state index contributed by atoms with van der Waals surface area (Å²) < 4.78 is 19.5. The van der Waals surface area contributed by atoms with Crippen LogP contribution in [0.15, 0.2) is 18.2 Å². The molecule has 3 rings (SSSR count). The molecule has 2 heterocycles. The summed E-state index contributed by atoms with van der Waals surface area (Å²) in [6, 6.07) is 4.13. The van der Waals surface area contributed by atoms with Gasteiger partial charge in [-0.1, -0.05) is 20.8 Å². The summed E-state index contributed by atoms with van der Waals surface area (Å²) in [6.07, 6.45) is 0.256. The number of morpholine rings is 1. The molecule has 2 N–H and O–H groups in total. The maximum absolute atomic E-state index is 14.2. The lowest BCUT2D eigenvalue weighted by atomic mass is 9.98. The molecule has 1 aliphatic heterocycles. The van der Waals surface area contributed by atoms with Gasteiger partial charge in [-0.15, -0.1) is 11.3 Å². The van der Waals surface area contributed by atoms with Crippen LogP contribution in [0, 0.1) is 12.7 Å². The summed E-state index contributed by atoms with van der Waals surface area (Å²) in [6.45, 7) is 11.4. The lowest BCUT2D eigenvalue weighted by Crippen LogP contribution is -2.38. The van der Waals surface area contributed by atoms with Crippen molar-refractivity contribution in [3.8, 4) is 0 Å². The van der Waals surface area contributed by atoms with Gasteiger partial charge in [0.2, 0.25) is 5.91 Å². The smallest absolute Gasteiger partial charge is 0.267 e. The number of carbonyl (C=O) groups excluding carboxylic acids is 2. The second kappa shape index (κ2) is 9.84. The Hall–Kier alpha value is -2.36. The van der Waals surface area contributed by atoms with Crippen LogP contribution in [-0.4, -0.2) is 54.5 Å². The quantitative estimate of drug-likeness (QED) is 0.702. The molecule has 0 unspecified atom stereocenters. The van der Waals surface area contributed by atoms with Crippen molar-refractivity contribution in [1.29, 1.82) is 0 Å². The normalized spacial score (nSPS) is 15.0. The fraction of sp³-hybridized carbons (Fsp3) is 0.500. The molecule has 1 aromatic heterocycles. The Labute approximate surface area is 186 Å². The van der Waals surface area contributed by atoms with Gasteiger partial charge in [-0.3, -0.25) is 14.5 Å². The van der Waals surface area contributed by atoms with Crippen LogP contribution < -0.4 is 10.6 Å². The number of ether oxygens (including phenoxy) is 1. The van der Waals surface area contributed by atoms with E-state index >= 15 is 0 Å². The first-order chi connectivity index (χ1) is 14.6. The molecule has 7 nitrogen and oxygen atoms in total. The van der Waals surface area contributed by atoms with Crippen molar-refractivity contribution >= 4 is 34.5 Å². The highest BCUT2D eigenvalue weighted by Gasteiger charge is 2.23. The molecule has 1 saturated heterocycles. The van der Waals surface area contributed by atoms with E-state index in [2.05, 4.69) is 20.5 Å². The molecular formula is C22H29FN4O3S. The Bertz CT molecular complexity index is 949. The second-order valence-corrected chi connectivity index (χ2v) is 9.58. The van der Waals surface area contributed by atoms with Gasteiger partial charge in [0.1, 0.15) is 10.7 Å². The maximum atomic E-state index is 14.2. The maximum Gasteiger partial charge on any atom is 0.267 e. The molecule has 2 aromatic rings. The number of hydrogen-bond donors (Lipinski definition) is 2. The Balaban J connectivity index is 1.63. The standard InChI is InChI=1S/C22H29FN4O3S/c1-14-19(31-21(24-14)22(2,3)4)20(29)25-15-5-6-16(23)17(13-15)26-18(28)7-8-27-9-11-30-12-10-27/h5-6,13H,7-12H2,1-4H3,(H,25,29)(H,26,28). The fourth-order valence-corrected chi connectivity index (χ4v) is 4.13. The van der Waals surface area contributed by atoms with Crippen LogP contribution in [0.4, 0.5) is 15.8 Å². The van der Waals surface area contributed by atoms with Gasteiger partial charge in [0.05, 0.1) is 29.6 Å². The highest BCUT2D eigenvalue weighted by atomic mass is 32.1. The number of benzene rings is 1. The van der Waals surface area contributed by atoms with Crippen LogP contribution >= 0.6 is 11.3 Å². The minimum absolute atomic E-state index is 0.0428. The second-order valence-electron chi connectivity index (χ2n) is 8.58. The number of hydrogen-bond acceptors (Lipinski definition) is 6. The number of nitrogens with one attached hydrogen (secondary N) is 2. The third-order valence-electron chi connectivity index (χ3n) is 4.90. The fourth-order valence-electron chi connectivity index (χ4n) is 3.11. The molecule has 0 bridgehead atoms. The van der Waals surface area contributed by atoms with Gasteiger partial charge in [0.25, 0.3) is 5.91 Å². The van der Waals surface area contributed by atoms with E-state index in [0.29, 0.717) is 36.0 Å². The topological polar surface area (TPSA) is 83.6 Å². The number of nitrogens with zero attached hydrogens (tertiary/aromatic N) is 2. The molecule has 0 saturated carbocycles. The molecule has 0 spiro atoms. The van der Waals surface area contributed by atoms with E-state index in [9.17, 15) is 14.0 Å². The highest BCUT2D eigenvalue weighted by Crippen LogP contribution is 2.30. The van der Waals surface area contributed by atoms with Crippen LogP contribution in [-0.2, 0) is 14.9 Å². The van der Waals surface area contributed by atoms with E-state index < -0.39 is 5.82 Å². The van der Waals surface area contributed by atoms with E-state index in [-0.39, 0.29) is 29.3 Å². The first kappa shape index (κ1) is 23.3. The highest BCUT2D eigenvalue weighted by molar-refractivity contribution is 7.14. The Morgan fingerprint density at radius 2 is 1.94 bits per heavy atom. The van der Waals surface area contributed by atoms with E-state index in [0.717, 1.165) is 18.1 Å². The molecule has 1 aliphatic rings. The van der Waals surface area contributed by atoms with Crippen LogP contribution in [0.5, 0.6) is 0 Å². The SMILES string of the molecule is Cc1nc(C(C)(C)C)sc1C(=O)Nc1ccc(F)c(NC(=O)CCN2CCOCC2)c1. The zero-order valence-corrected chi connectivity index (χ0v) is 19.2. The van der Waals surface area contributed by atoms with Crippen molar-refractivity contribution in [3.05, 3.63) is 39.6 Å². The van der Waals surface area contributed by atoms with Gasteiger partial charge in [-0.2, -0.15) is 0 Å². The summed E-state index contributed by atoms with van der Waals surface area (Å²) in [5, 5.41) is 6.26. The number of halogens is 1. The summed E-state index contributed by atoms with van der Waals surface area (Å²) in [5.41, 5.74) is 0.954. The number of carbonyl (C=O) groups is 2. The van der Waals surface area contributed by atoms with Crippen molar-refractivity contribution < 1.29 is 18.7 Å². The van der Waals surface area contributed by atoms with E-state index in [1.807, 2.05) is 20.8 Å². The zero-order chi connectivity index (χ0) is 22.6. The van der Waals surface area contributed by atoms with Crippen LogP contribution in [0.1, 0.15) is 47.6 Å². The Morgan fingerprint density at radius 1 is 1.23 bits per heavy atom. The number of aromatic nitrogens is 1. The van der Waals surface area contributed by atoms with Gasteiger partial charge in [-0.05, 0) is 25.1 Å². The summed E-state index contributed by atoms with van der Waals surface area (Å²) in [4.78, 5) is 32.2. The molecule has 0 atom stereocenters. The molecule has 0 aliphatic carbocycles. The lowest BCUT2D eigenvalue weighted by molar-refractivity contribution is -0.116. The number of amides is 2. The molecule has 168 valence electrons. The summed E-state index contributed by atoms with van der Waals surface area (Å²) in [7, 11) is 0. The van der Waals surface area contributed by atoms with Gasteiger partial charge >= 0.3 is 0 Å². The van der Waals surface area contributed by atoms with Gasteiger partial charge in [-0.25, -0.2) is 9.37 Å². The van der Waals surface area contributed by atoms with Gasteiger partial charge in [0.15, 0.2) is 0 Å². The Kier molecular flexibility index (Phi) is 7.40. The first-order valence-electron chi connectivity index (χ1n) is 10.3. The molecule has 0 radical (unpaired) electrons. The van der Waals surface area contributed by atoms with Crippen molar-refractivity contribution in [2.24, 2.45) is 0 Å². The van der Waals surface area contributed by atoms with Gasteiger partial charge in [0, 0.05) is 37.2 Å². The average molecular weight is 449 g/mol. The lowest BCUT2D eigenvalue weighted by Gasteiger charge is -2.26. The number of thiazole rings is 1. The van der Waals surface area contributed by atoms with Crippen molar-refractivity contribution in [2.75, 3.05) is 43.5 Å². The van der Waals surface area contributed by atoms with Crippen molar-refractivity contribution in [2.45, 2.75) is 39.5 Å². The third-order valence-corrected chi connectivity index (χ3v) is 6.48. The van der Waals surface area contributed by atoms with Crippen LogP contribution in [0.3, 0.4) is 0 Å². The number of aryl methyl sites for hydroxylation is 1. The van der Waals surface area contributed by atoms with Crippen LogP contribution in [0.25, 0.3) is 0 Å². The predicted octanol–water partition coefficient (Wildman–Crippen LogP) is 3.80. The number of rotatable bonds is 6. The largest absolute Gasteiger partial charge is 0.379 e. The van der Waals surface area contributed by atoms with Crippen molar-refractivity contribution in [3.63, 3.8) is 0 Å². The third kappa shape index (κ3) is 6.32. The average Bonchev–Trinajstić information content (AvgIpc) is 3.12. The van der Waals surface area contributed by atoms with Crippen LogP contribution in [0.2, 0.25) is 0 Å². The first-order valence-corrected chi connectivity index (χ1v) is 11.1. The minimum atomic E-state index is -0.554. The van der Waals surface area contributed by atoms with Crippen molar-refractivity contribution in [1.82, 2.24) is 9.88 Å². The Morgan fingerprint density at radius 3 is 2.58 bits per heavy atom. The predicted molar refractivity (Wildman–Crippen MR) is 120 cm³/mol. The van der Waals surface area contributed by atoms with E-state index in [1.54, 1.807) is 6.92 Å². The summed E-state index contributed by atoms with van der Waals surface area (Å²) in [5.74, 6) is -1.13. The molecule has 1 fully saturated rings. The molecular weight excluding hydrogens is 419 g/mol. The zero-order valence-electron chi connectivity index (χ0n) is 18.4. The molecule has 9 heteroatoms. The van der Waals surface area contributed by atoms with E-state index in [4.69, 9.17) is 4.74 Å². The molecule has 31 heavy (non-hydrogen) atoms. The molecule has 1 aromatic carbocycles. The number of anilines is 2. The minimum Gasteiger partial charge on any atom is -0.379 e. The summed E-state index contributed by atoms with van der Waals surface area (Å²) >= 11 is 1.35. The monoisotopic (exact) mass is 448 g/mol.